The summed E-state index contributed by atoms with van der Waals surface area (Å²) >= 11 is 1.42. The van der Waals surface area contributed by atoms with E-state index in [9.17, 15) is 14.4 Å². The van der Waals surface area contributed by atoms with Gasteiger partial charge in [-0.1, -0.05) is 6.07 Å². The summed E-state index contributed by atoms with van der Waals surface area (Å²) in [7, 11) is 0. The Labute approximate surface area is 170 Å². The van der Waals surface area contributed by atoms with Gasteiger partial charge in [-0.15, -0.1) is 11.3 Å². The first-order valence-electron chi connectivity index (χ1n) is 10.2. The van der Waals surface area contributed by atoms with Crippen molar-refractivity contribution in [2.45, 2.75) is 32.7 Å². The van der Waals surface area contributed by atoms with Gasteiger partial charge in [0.1, 0.15) is 6.04 Å². The second-order valence-electron chi connectivity index (χ2n) is 7.30. The van der Waals surface area contributed by atoms with Crippen LogP contribution in [-0.4, -0.2) is 95.7 Å². The number of piperazine rings is 1. The molecule has 0 spiro atoms. The van der Waals surface area contributed by atoms with Crippen molar-refractivity contribution in [1.29, 1.82) is 0 Å². The Morgan fingerprint density at radius 1 is 1.11 bits per heavy atom. The molecule has 0 radical (unpaired) electrons. The molecule has 3 heterocycles. The van der Waals surface area contributed by atoms with E-state index in [4.69, 9.17) is 0 Å². The quantitative estimate of drug-likeness (QED) is 0.716. The fraction of sp³-hybridized carbons (Fsp3) is 0.650. The Hall–Kier alpha value is -1.93. The lowest BCUT2D eigenvalue weighted by atomic mass is 10.1. The Balaban J connectivity index is 1.53. The topological polar surface area (TPSA) is 64.2 Å². The lowest BCUT2D eigenvalue weighted by Crippen LogP contribution is -2.55. The van der Waals surface area contributed by atoms with E-state index in [0.29, 0.717) is 44.1 Å². The van der Waals surface area contributed by atoms with E-state index in [1.165, 1.54) is 11.3 Å². The third-order valence-electron chi connectivity index (χ3n) is 5.69. The minimum Gasteiger partial charge on any atom is -0.342 e. The van der Waals surface area contributed by atoms with Gasteiger partial charge in [-0.2, -0.15) is 0 Å². The highest BCUT2D eigenvalue weighted by atomic mass is 32.1. The predicted octanol–water partition coefficient (Wildman–Crippen LogP) is 1.37. The largest absolute Gasteiger partial charge is 0.342 e. The number of hydrogen-bond acceptors (Lipinski definition) is 5. The van der Waals surface area contributed by atoms with E-state index >= 15 is 0 Å². The van der Waals surface area contributed by atoms with Crippen molar-refractivity contribution in [1.82, 2.24) is 19.6 Å². The third kappa shape index (κ3) is 4.55. The number of thiophene rings is 1. The number of rotatable bonds is 6. The summed E-state index contributed by atoms with van der Waals surface area (Å²) in [5.74, 6) is 0.166. The molecule has 154 valence electrons. The maximum Gasteiger partial charge on any atom is 0.264 e. The molecule has 0 aromatic carbocycles. The maximum absolute atomic E-state index is 13.1. The van der Waals surface area contributed by atoms with Crippen molar-refractivity contribution in [3.05, 3.63) is 22.4 Å². The highest BCUT2D eigenvalue weighted by Gasteiger charge is 2.38. The Kier molecular flexibility index (Phi) is 7.07. The van der Waals surface area contributed by atoms with Gasteiger partial charge in [-0.25, -0.2) is 0 Å². The first kappa shape index (κ1) is 20.8. The van der Waals surface area contributed by atoms with Gasteiger partial charge in [-0.3, -0.25) is 19.3 Å². The Morgan fingerprint density at radius 2 is 1.82 bits per heavy atom. The molecule has 0 bridgehead atoms. The molecule has 2 saturated heterocycles. The molecule has 1 aromatic heterocycles. The van der Waals surface area contributed by atoms with Crippen molar-refractivity contribution < 1.29 is 14.4 Å². The zero-order valence-electron chi connectivity index (χ0n) is 16.8. The second-order valence-corrected chi connectivity index (χ2v) is 8.25. The van der Waals surface area contributed by atoms with Crippen molar-refractivity contribution in [2.75, 3.05) is 52.4 Å². The first-order chi connectivity index (χ1) is 13.5. The van der Waals surface area contributed by atoms with Crippen LogP contribution in [0.25, 0.3) is 0 Å². The predicted molar refractivity (Wildman–Crippen MR) is 109 cm³/mol. The molecular formula is C20H30N4O3S. The van der Waals surface area contributed by atoms with Gasteiger partial charge < -0.3 is 14.7 Å². The normalized spacial score (nSPS) is 20.4. The van der Waals surface area contributed by atoms with Crippen LogP contribution in [0.5, 0.6) is 0 Å². The molecule has 1 atom stereocenters. The molecule has 2 fully saturated rings. The molecular weight excluding hydrogens is 376 g/mol. The summed E-state index contributed by atoms with van der Waals surface area (Å²) in [4.78, 5) is 46.3. The third-order valence-corrected chi connectivity index (χ3v) is 6.55. The van der Waals surface area contributed by atoms with Crippen LogP contribution in [0.1, 0.15) is 36.4 Å². The fourth-order valence-electron chi connectivity index (χ4n) is 4.01. The van der Waals surface area contributed by atoms with Gasteiger partial charge in [0.2, 0.25) is 11.8 Å². The molecule has 3 rings (SSSR count). The van der Waals surface area contributed by atoms with Gasteiger partial charge in [0.25, 0.3) is 5.91 Å². The lowest BCUT2D eigenvalue weighted by molar-refractivity contribution is -0.138. The molecule has 7 nitrogen and oxygen atoms in total. The first-order valence-corrected chi connectivity index (χ1v) is 11.1. The van der Waals surface area contributed by atoms with E-state index in [0.717, 1.165) is 25.9 Å². The monoisotopic (exact) mass is 406 g/mol. The van der Waals surface area contributed by atoms with E-state index in [2.05, 4.69) is 4.90 Å². The number of likely N-dealkylation sites (N-methyl/N-ethyl adjacent to an activating group) is 1. The molecule has 3 amide bonds. The number of likely N-dealkylation sites (tertiary alicyclic amines) is 1. The second kappa shape index (κ2) is 9.52. The van der Waals surface area contributed by atoms with Gasteiger partial charge in [0.05, 0.1) is 11.4 Å². The van der Waals surface area contributed by atoms with E-state index in [1.54, 1.807) is 4.90 Å². The number of amides is 3. The fourth-order valence-corrected chi connectivity index (χ4v) is 4.69. The molecule has 0 N–H and O–H groups in total. The van der Waals surface area contributed by atoms with Crippen LogP contribution in [0.3, 0.4) is 0 Å². The number of carbonyl (C=O) groups is 3. The Morgan fingerprint density at radius 3 is 2.43 bits per heavy atom. The maximum atomic E-state index is 13.1. The van der Waals surface area contributed by atoms with Gasteiger partial charge in [-0.05, 0) is 38.1 Å². The van der Waals surface area contributed by atoms with Crippen LogP contribution in [0.15, 0.2) is 17.5 Å². The summed E-state index contributed by atoms with van der Waals surface area (Å²) in [6, 6.07) is 3.33. The van der Waals surface area contributed by atoms with E-state index in [1.807, 2.05) is 41.2 Å². The van der Waals surface area contributed by atoms with Gasteiger partial charge in [0.15, 0.2) is 0 Å². The zero-order chi connectivity index (χ0) is 20.1. The van der Waals surface area contributed by atoms with Gasteiger partial charge in [0, 0.05) is 45.8 Å². The van der Waals surface area contributed by atoms with E-state index < -0.39 is 0 Å². The molecule has 2 aliphatic heterocycles. The average molecular weight is 407 g/mol. The summed E-state index contributed by atoms with van der Waals surface area (Å²) in [6.07, 6.45) is 1.60. The molecule has 0 saturated carbocycles. The van der Waals surface area contributed by atoms with Crippen LogP contribution < -0.4 is 0 Å². The SMILES string of the molecule is CCN(CC)C(=O)CN1CCN(C(=O)[C@@H]2CCCN2C(=O)c2cccs2)CC1. The standard InChI is InChI=1S/C20H30N4O3S/c1-3-22(4-2)18(25)15-21-10-12-23(13-11-21)19(26)16-7-5-9-24(16)20(27)17-8-6-14-28-17/h6,8,14,16H,3-5,7,9-13,15H2,1-2H3/t16-/m0/s1. The molecule has 28 heavy (non-hydrogen) atoms. The van der Waals surface area contributed by atoms with Crippen LogP contribution in [0, 0.1) is 0 Å². The Bertz CT molecular complexity index is 682. The zero-order valence-corrected chi connectivity index (χ0v) is 17.6. The minimum atomic E-state index is -0.349. The van der Waals surface area contributed by atoms with Crippen LogP contribution in [0.2, 0.25) is 0 Å². The summed E-state index contributed by atoms with van der Waals surface area (Å²) in [5, 5.41) is 1.89. The van der Waals surface area contributed by atoms with Crippen molar-refractivity contribution >= 4 is 29.1 Å². The van der Waals surface area contributed by atoms with Crippen LogP contribution >= 0.6 is 11.3 Å². The minimum absolute atomic E-state index is 0.0331. The van der Waals surface area contributed by atoms with Crippen LogP contribution in [-0.2, 0) is 9.59 Å². The van der Waals surface area contributed by atoms with Gasteiger partial charge >= 0.3 is 0 Å². The highest BCUT2D eigenvalue weighted by molar-refractivity contribution is 7.12. The van der Waals surface area contributed by atoms with Crippen molar-refractivity contribution in [3.63, 3.8) is 0 Å². The molecule has 1 aromatic rings. The highest BCUT2D eigenvalue weighted by Crippen LogP contribution is 2.24. The van der Waals surface area contributed by atoms with Crippen molar-refractivity contribution in [3.8, 4) is 0 Å². The number of hydrogen-bond donors (Lipinski definition) is 0. The van der Waals surface area contributed by atoms with Crippen molar-refractivity contribution in [2.24, 2.45) is 0 Å². The lowest BCUT2D eigenvalue weighted by Gasteiger charge is -2.37. The summed E-state index contributed by atoms with van der Waals surface area (Å²) < 4.78 is 0. The molecule has 0 unspecified atom stereocenters. The van der Waals surface area contributed by atoms with E-state index in [-0.39, 0.29) is 23.8 Å². The average Bonchev–Trinajstić information content (AvgIpc) is 3.40. The summed E-state index contributed by atoms with van der Waals surface area (Å²) in [6.45, 7) is 9.11. The molecule has 2 aliphatic rings. The van der Waals surface area contributed by atoms with Crippen LogP contribution in [0.4, 0.5) is 0 Å². The number of carbonyl (C=O) groups excluding carboxylic acids is 3. The summed E-state index contributed by atoms with van der Waals surface area (Å²) in [5.41, 5.74) is 0. The number of nitrogens with zero attached hydrogens (tertiary/aromatic N) is 4. The molecule has 0 aliphatic carbocycles. The molecule has 8 heteroatoms. The smallest absolute Gasteiger partial charge is 0.264 e.